The number of ether oxygens (including phenoxy) is 2. The minimum absolute atomic E-state index is 0.0765. The van der Waals surface area contributed by atoms with E-state index in [0.717, 1.165) is 48.8 Å². The number of nitro benzene ring substituents is 1. The van der Waals surface area contributed by atoms with Gasteiger partial charge in [-0.25, -0.2) is 9.97 Å². The van der Waals surface area contributed by atoms with E-state index >= 15 is 0 Å². The predicted octanol–water partition coefficient (Wildman–Crippen LogP) is 9.82. The summed E-state index contributed by atoms with van der Waals surface area (Å²) in [5.74, 6) is 0.709. The summed E-state index contributed by atoms with van der Waals surface area (Å²) >= 11 is 0. The molecule has 4 heterocycles. The molecule has 6 rings (SSSR count). The summed E-state index contributed by atoms with van der Waals surface area (Å²) in [7, 11) is 0. The van der Waals surface area contributed by atoms with E-state index in [9.17, 15) is 62.8 Å². The first-order valence-electron chi connectivity index (χ1n) is 17.2. The molecule has 0 atom stereocenters. The molecular weight excluding hydrogens is 808 g/mol. The van der Waals surface area contributed by atoms with Gasteiger partial charge in [-0.15, -0.1) is 0 Å². The summed E-state index contributed by atoms with van der Waals surface area (Å²) in [6, 6.07) is 10.3. The van der Waals surface area contributed by atoms with Crippen LogP contribution in [0.2, 0.25) is 0 Å². The number of hydrogen-bond donors (Lipinski definition) is 1. The highest BCUT2D eigenvalue weighted by atomic mass is 19.4. The third-order valence-electron chi connectivity index (χ3n) is 9.09. The number of nitro groups is 1. The average Bonchev–Trinajstić information content (AvgIpc) is 3.15. The van der Waals surface area contributed by atoms with E-state index in [4.69, 9.17) is 15.2 Å². The Morgan fingerprint density at radius 2 is 0.983 bits per heavy atom. The summed E-state index contributed by atoms with van der Waals surface area (Å²) in [5, 5.41) is 10.8. The second-order valence-electron chi connectivity index (χ2n) is 13.1. The lowest BCUT2D eigenvalue weighted by Crippen LogP contribution is -2.38. The molecule has 0 aliphatic carbocycles. The van der Waals surface area contributed by atoms with Crippen molar-refractivity contribution in [1.82, 2.24) is 9.97 Å². The van der Waals surface area contributed by atoms with E-state index in [1.807, 2.05) is 4.90 Å². The van der Waals surface area contributed by atoms with Crippen molar-refractivity contribution < 1.29 is 67.1 Å². The van der Waals surface area contributed by atoms with Gasteiger partial charge in [-0.1, -0.05) is 0 Å². The van der Waals surface area contributed by atoms with Crippen molar-refractivity contribution in [2.45, 2.75) is 62.6 Å². The molecule has 0 unspecified atom stereocenters. The molecule has 10 nitrogen and oxygen atoms in total. The minimum atomic E-state index is -4.90. The fourth-order valence-corrected chi connectivity index (χ4v) is 6.10. The number of aromatic nitrogens is 2. The van der Waals surface area contributed by atoms with Gasteiger partial charge in [0.05, 0.1) is 21.6 Å². The standard InChI is InChI=1S/C18H15F6N3O3.C18H17F6N3O/c19-17(20,21)11-1-4-16(25-10-11)26-7-5-12(6-8-26)30-13-2-3-15(27(28)29)14(9-13)18(22,23)24;19-17(20,21)11-1-4-16(26-10-11)27-7-5-12(6-8-27)28-13-2-3-15(25)14(9-13)18(22,23)24/h1-4,9-10,12H,5-8H2;1-4,9-10,12H,5-8,25H2. The quantitative estimate of drug-likeness (QED) is 0.0840. The molecule has 0 amide bonds. The average molecular weight is 841 g/mol. The zero-order valence-corrected chi connectivity index (χ0v) is 29.7. The van der Waals surface area contributed by atoms with E-state index in [-0.39, 0.29) is 23.3 Å². The molecule has 2 aromatic carbocycles. The Labute approximate surface area is 321 Å². The zero-order valence-electron chi connectivity index (χ0n) is 29.7. The van der Waals surface area contributed by atoms with Crippen LogP contribution in [-0.4, -0.2) is 53.3 Å². The van der Waals surface area contributed by atoms with Gasteiger partial charge in [0.15, 0.2) is 0 Å². The van der Waals surface area contributed by atoms with Crippen LogP contribution in [0.1, 0.15) is 47.9 Å². The van der Waals surface area contributed by atoms with Gasteiger partial charge in [0, 0.05) is 76.0 Å². The van der Waals surface area contributed by atoms with Crippen molar-refractivity contribution in [1.29, 1.82) is 0 Å². The first kappa shape index (κ1) is 43.4. The fraction of sp³-hybridized carbons (Fsp3) is 0.389. The van der Waals surface area contributed by atoms with Crippen LogP contribution in [0.4, 0.5) is 75.7 Å². The molecular formula is C36H32F12N6O4. The number of nitrogens with zero attached hydrogens (tertiary/aromatic N) is 5. The molecule has 2 aromatic heterocycles. The van der Waals surface area contributed by atoms with Crippen LogP contribution in [0, 0.1) is 10.1 Å². The van der Waals surface area contributed by atoms with Crippen LogP contribution in [0.15, 0.2) is 73.1 Å². The van der Waals surface area contributed by atoms with Crippen LogP contribution >= 0.6 is 0 Å². The number of nitrogens with two attached hydrogens (primary N) is 1. The van der Waals surface area contributed by atoms with Crippen LogP contribution in [-0.2, 0) is 24.7 Å². The van der Waals surface area contributed by atoms with Gasteiger partial charge in [-0.05, 0) is 54.6 Å². The molecule has 0 saturated carbocycles. The van der Waals surface area contributed by atoms with Crippen molar-refractivity contribution in [2.24, 2.45) is 0 Å². The van der Waals surface area contributed by atoms with E-state index in [1.54, 1.807) is 4.90 Å². The second kappa shape index (κ2) is 17.0. The summed E-state index contributed by atoms with van der Waals surface area (Å²) in [5.41, 5.74) is -0.0796. The summed E-state index contributed by atoms with van der Waals surface area (Å²) in [6.45, 7) is 1.68. The van der Waals surface area contributed by atoms with Crippen molar-refractivity contribution in [3.8, 4) is 11.5 Å². The number of hydrogen-bond acceptors (Lipinski definition) is 9. The van der Waals surface area contributed by atoms with Crippen molar-refractivity contribution in [2.75, 3.05) is 41.7 Å². The molecule has 0 spiro atoms. The third-order valence-corrected chi connectivity index (χ3v) is 9.09. The Morgan fingerprint density at radius 1 is 0.586 bits per heavy atom. The summed E-state index contributed by atoms with van der Waals surface area (Å²) in [4.78, 5) is 20.9. The maximum absolute atomic E-state index is 13.1. The number of alkyl halides is 12. The second-order valence-corrected chi connectivity index (χ2v) is 13.1. The molecule has 2 saturated heterocycles. The SMILES string of the molecule is Nc1ccc(OC2CCN(c3ccc(C(F)(F)F)cn3)CC2)cc1C(F)(F)F.O=[N+]([O-])c1ccc(OC2CCN(c3ccc(C(F)(F)F)cn3)CC2)cc1C(F)(F)F. The minimum Gasteiger partial charge on any atom is -0.490 e. The number of piperidine rings is 2. The molecule has 2 fully saturated rings. The smallest absolute Gasteiger partial charge is 0.423 e. The molecule has 2 aliphatic rings. The first-order valence-corrected chi connectivity index (χ1v) is 17.2. The highest BCUT2D eigenvalue weighted by molar-refractivity contribution is 5.52. The van der Waals surface area contributed by atoms with E-state index < -0.39 is 63.7 Å². The largest absolute Gasteiger partial charge is 0.490 e. The molecule has 0 radical (unpaired) electrons. The van der Waals surface area contributed by atoms with Crippen LogP contribution in [0.3, 0.4) is 0 Å². The summed E-state index contributed by atoms with van der Waals surface area (Å²) < 4.78 is 165. The Balaban J connectivity index is 0.000000221. The number of benzene rings is 2. The van der Waals surface area contributed by atoms with Crippen molar-refractivity contribution >= 4 is 23.0 Å². The number of anilines is 3. The first-order chi connectivity index (χ1) is 27.0. The van der Waals surface area contributed by atoms with E-state index in [2.05, 4.69) is 9.97 Å². The van der Waals surface area contributed by atoms with Crippen molar-refractivity contribution in [3.05, 3.63) is 105 Å². The van der Waals surface area contributed by atoms with Gasteiger partial charge in [-0.3, -0.25) is 10.1 Å². The molecule has 4 aromatic rings. The van der Waals surface area contributed by atoms with Gasteiger partial charge >= 0.3 is 24.7 Å². The Bertz CT molecular complexity index is 2010. The zero-order chi connectivity index (χ0) is 42.6. The van der Waals surface area contributed by atoms with E-state index in [0.29, 0.717) is 69.6 Å². The van der Waals surface area contributed by atoms with Gasteiger partial charge in [0.25, 0.3) is 5.69 Å². The lowest BCUT2D eigenvalue weighted by Gasteiger charge is -2.33. The number of rotatable bonds is 7. The maximum Gasteiger partial charge on any atom is 0.423 e. The topological polar surface area (TPSA) is 120 Å². The van der Waals surface area contributed by atoms with Gasteiger partial charge in [0.2, 0.25) is 0 Å². The third kappa shape index (κ3) is 11.2. The monoisotopic (exact) mass is 840 g/mol. The molecule has 2 aliphatic heterocycles. The summed E-state index contributed by atoms with van der Waals surface area (Å²) in [6.07, 6.45) is -15.9. The highest BCUT2D eigenvalue weighted by Crippen LogP contribution is 2.39. The Kier molecular flexibility index (Phi) is 12.8. The normalized spacial score (nSPS) is 16.1. The van der Waals surface area contributed by atoms with Crippen molar-refractivity contribution in [3.63, 3.8) is 0 Å². The number of halogens is 12. The Hall–Kier alpha value is -5.70. The highest BCUT2D eigenvalue weighted by Gasteiger charge is 2.39. The lowest BCUT2D eigenvalue weighted by molar-refractivity contribution is -0.388. The van der Waals surface area contributed by atoms with Crippen LogP contribution in [0.25, 0.3) is 0 Å². The predicted molar refractivity (Wildman–Crippen MR) is 184 cm³/mol. The maximum atomic E-state index is 13.1. The van der Waals surface area contributed by atoms with Crippen LogP contribution in [0.5, 0.6) is 11.5 Å². The molecule has 314 valence electrons. The molecule has 58 heavy (non-hydrogen) atoms. The fourth-order valence-electron chi connectivity index (χ4n) is 6.10. The van der Waals surface area contributed by atoms with Crippen LogP contribution < -0.4 is 25.0 Å². The molecule has 0 bridgehead atoms. The molecule has 22 heteroatoms. The van der Waals surface area contributed by atoms with E-state index in [1.165, 1.54) is 18.2 Å². The van der Waals surface area contributed by atoms with Gasteiger partial charge in [-0.2, -0.15) is 52.7 Å². The Morgan fingerprint density at radius 3 is 1.33 bits per heavy atom. The van der Waals surface area contributed by atoms with Gasteiger partial charge in [0.1, 0.15) is 40.9 Å². The number of pyridine rings is 2. The molecule has 2 N–H and O–H groups in total. The van der Waals surface area contributed by atoms with Gasteiger partial charge < -0.3 is 25.0 Å². The lowest BCUT2D eigenvalue weighted by atomic mass is 10.1. The number of nitrogen functional groups attached to an aromatic ring is 1.